The molecule has 158 valence electrons. The summed E-state index contributed by atoms with van der Waals surface area (Å²) in [5.41, 5.74) is 2.08. The molecule has 10 heteroatoms. The van der Waals surface area contributed by atoms with Crippen LogP contribution in [-0.4, -0.2) is 38.9 Å². The van der Waals surface area contributed by atoms with Crippen LogP contribution >= 0.6 is 12.4 Å². The van der Waals surface area contributed by atoms with Crippen LogP contribution in [0.2, 0.25) is 0 Å². The zero-order chi connectivity index (χ0) is 19.9. The normalized spacial score (nSPS) is 17.7. The van der Waals surface area contributed by atoms with Crippen molar-refractivity contribution in [3.63, 3.8) is 0 Å². The van der Waals surface area contributed by atoms with E-state index in [-0.39, 0.29) is 30.4 Å². The van der Waals surface area contributed by atoms with Crippen molar-refractivity contribution in [2.24, 2.45) is 0 Å². The average Bonchev–Trinajstić information content (AvgIpc) is 3.13. The highest BCUT2D eigenvalue weighted by Crippen LogP contribution is 2.36. The summed E-state index contributed by atoms with van der Waals surface area (Å²) >= 11 is 0. The van der Waals surface area contributed by atoms with E-state index in [9.17, 15) is 21.6 Å². The van der Waals surface area contributed by atoms with Gasteiger partial charge in [0.25, 0.3) is 0 Å². The van der Waals surface area contributed by atoms with Gasteiger partial charge in [0.2, 0.25) is 10.0 Å². The molecule has 5 nitrogen and oxygen atoms in total. The van der Waals surface area contributed by atoms with Crippen LogP contribution in [0.5, 0.6) is 0 Å². The molecule has 0 aromatic heterocycles. The molecule has 1 N–H and O–H groups in total. The molecule has 1 fully saturated rings. The van der Waals surface area contributed by atoms with Crippen LogP contribution in [0.25, 0.3) is 0 Å². The molecule has 0 aliphatic carbocycles. The fourth-order valence-corrected chi connectivity index (χ4v) is 5.10. The molecule has 29 heavy (non-hydrogen) atoms. The van der Waals surface area contributed by atoms with E-state index in [2.05, 4.69) is 10.2 Å². The zero-order valence-corrected chi connectivity index (χ0v) is 17.1. The lowest BCUT2D eigenvalue weighted by Crippen LogP contribution is -2.43. The topological polar surface area (TPSA) is 52.7 Å². The van der Waals surface area contributed by atoms with Gasteiger partial charge in [-0.15, -0.1) is 12.4 Å². The number of halogens is 4. The summed E-state index contributed by atoms with van der Waals surface area (Å²) < 4.78 is 65.5. The summed E-state index contributed by atoms with van der Waals surface area (Å²) in [6.45, 7) is 3.89. The summed E-state index contributed by atoms with van der Waals surface area (Å²) in [7, 11) is -3.88. The number of rotatable bonds is 3. The van der Waals surface area contributed by atoms with E-state index in [1.165, 1.54) is 4.31 Å². The number of benzene rings is 2. The Hall–Kier alpha value is -1.81. The SMILES string of the molecule is Cl.O=S(=O)(c1ccc(C(F)(F)F)cc1)N1Cc2cccc(N3CCNCC3)c2C1. The number of nitrogens with zero attached hydrogens (tertiary/aromatic N) is 2. The highest BCUT2D eigenvalue weighted by atomic mass is 35.5. The molecule has 4 rings (SSSR count). The fraction of sp³-hybridized carbons (Fsp3) is 0.368. The van der Waals surface area contributed by atoms with Gasteiger partial charge in [-0.3, -0.25) is 0 Å². The van der Waals surface area contributed by atoms with Gasteiger partial charge in [-0.1, -0.05) is 12.1 Å². The summed E-state index contributed by atoms with van der Waals surface area (Å²) in [6, 6.07) is 9.49. The van der Waals surface area contributed by atoms with Crippen LogP contribution in [0.4, 0.5) is 18.9 Å². The van der Waals surface area contributed by atoms with E-state index >= 15 is 0 Å². The van der Waals surface area contributed by atoms with Gasteiger partial charge in [0.1, 0.15) is 0 Å². The molecular formula is C19H21ClF3N3O2S. The number of hydrogen-bond donors (Lipinski definition) is 1. The van der Waals surface area contributed by atoms with Crippen LogP contribution < -0.4 is 10.2 Å². The predicted molar refractivity (Wildman–Crippen MR) is 107 cm³/mol. The number of piperazine rings is 1. The van der Waals surface area contributed by atoms with Crippen molar-refractivity contribution in [2.45, 2.75) is 24.2 Å². The molecule has 2 aromatic rings. The third-order valence-corrected chi connectivity index (χ3v) is 7.01. The molecule has 0 spiro atoms. The summed E-state index contributed by atoms with van der Waals surface area (Å²) in [6.07, 6.45) is -4.50. The van der Waals surface area contributed by atoms with Gasteiger partial charge in [-0.2, -0.15) is 17.5 Å². The third-order valence-electron chi connectivity index (χ3n) is 5.21. The van der Waals surface area contributed by atoms with Crippen molar-refractivity contribution >= 4 is 28.1 Å². The first-order valence-electron chi connectivity index (χ1n) is 9.01. The summed E-state index contributed by atoms with van der Waals surface area (Å²) in [5.74, 6) is 0. The minimum absolute atomic E-state index is 0. The highest BCUT2D eigenvalue weighted by Gasteiger charge is 2.34. The smallest absolute Gasteiger partial charge is 0.369 e. The lowest BCUT2D eigenvalue weighted by molar-refractivity contribution is -0.137. The Morgan fingerprint density at radius 1 is 0.931 bits per heavy atom. The highest BCUT2D eigenvalue weighted by molar-refractivity contribution is 7.89. The van der Waals surface area contributed by atoms with Crippen LogP contribution in [0.15, 0.2) is 47.4 Å². The van der Waals surface area contributed by atoms with Crippen molar-refractivity contribution in [1.82, 2.24) is 9.62 Å². The first-order valence-corrected chi connectivity index (χ1v) is 10.4. The molecule has 1 saturated heterocycles. The number of hydrogen-bond acceptors (Lipinski definition) is 4. The predicted octanol–water partition coefficient (Wildman–Crippen LogP) is 3.24. The Balaban J connectivity index is 0.00000240. The second kappa shape index (κ2) is 8.14. The van der Waals surface area contributed by atoms with E-state index in [0.717, 1.165) is 67.3 Å². The van der Waals surface area contributed by atoms with E-state index in [4.69, 9.17) is 0 Å². The molecule has 2 aromatic carbocycles. The second-order valence-corrected chi connectivity index (χ2v) is 8.89. The summed E-state index contributed by atoms with van der Waals surface area (Å²) in [4.78, 5) is 2.11. The molecule has 0 radical (unpaired) electrons. The van der Waals surface area contributed by atoms with Crippen LogP contribution in [0, 0.1) is 0 Å². The number of anilines is 1. The first kappa shape index (κ1) is 21.9. The minimum atomic E-state index is -4.50. The van der Waals surface area contributed by atoms with E-state index in [1.807, 2.05) is 18.2 Å². The molecule has 0 amide bonds. The maximum Gasteiger partial charge on any atom is 0.416 e. The maximum atomic E-state index is 13.0. The fourth-order valence-electron chi connectivity index (χ4n) is 3.71. The molecule has 0 bridgehead atoms. The molecule has 0 atom stereocenters. The Kier molecular flexibility index (Phi) is 6.14. The van der Waals surface area contributed by atoms with Gasteiger partial charge in [-0.25, -0.2) is 8.42 Å². The Morgan fingerprint density at radius 3 is 2.21 bits per heavy atom. The number of alkyl halides is 3. The quantitative estimate of drug-likeness (QED) is 0.785. The Morgan fingerprint density at radius 2 is 1.59 bits per heavy atom. The standard InChI is InChI=1S/C19H20F3N3O2S.ClH/c20-19(21,22)15-4-6-16(7-5-15)28(26,27)25-12-14-2-1-3-18(17(14)13-25)24-10-8-23-9-11-24;/h1-7,23H,8-13H2;1H. The molecule has 2 aliphatic heterocycles. The van der Waals surface area contributed by atoms with Gasteiger partial charge in [0, 0.05) is 45.0 Å². The van der Waals surface area contributed by atoms with Gasteiger partial charge in [0.05, 0.1) is 10.5 Å². The summed E-state index contributed by atoms with van der Waals surface area (Å²) in [5, 5.41) is 3.29. The number of sulfonamides is 1. The van der Waals surface area contributed by atoms with Crippen molar-refractivity contribution in [3.05, 3.63) is 59.2 Å². The molecular weight excluding hydrogens is 427 g/mol. The van der Waals surface area contributed by atoms with E-state index in [0.29, 0.717) is 0 Å². The average molecular weight is 448 g/mol. The van der Waals surface area contributed by atoms with Crippen molar-refractivity contribution in [1.29, 1.82) is 0 Å². The van der Waals surface area contributed by atoms with Gasteiger partial charge in [0.15, 0.2) is 0 Å². The Bertz CT molecular complexity index is 975. The van der Waals surface area contributed by atoms with E-state index < -0.39 is 21.8 Å². The van der Waals surface area contributed by atoms with Crippen LogP contribution in [-0.2, 0) is 29.3 Å². The number of fused-ring (bicyclic) bond motifs is 1. The van der Waals surface area contributed by atoms with Crippen molar-refractivity contribution < 1.29 is 21.6 Å². The van der Waals surface area contributed by atoms with Gasteiger partial charge >= 0.3 is 6.18 Å². The lowest BCUT2D eigenvalue weighted by Gasteiger charge is -2.31. The third kappa shape index (κ3) is 4.23. The largest absolute Gasteiger partial charge is 0.416 e. The van der Waals surface area contributed by atoms with Gasteiger partial charge < -0.3 is 10.2 Å². The molecule has 0 unspecified atom stereocenters. The van der Waals surface area contributed by atoms with Crippen molar-refractivity contribution in [3.8, 4) is 0 Å². The van der Waals surface area contributed by atoms with Crippen molar-refractivity contribution in [2.75, 3.05) is 31.1 Å². The molecule has 2 heterocycles. The molecule has 0 saturated carbocycles. The minimum Gasteiger partial charge on any atom is -0.369 e. The van der Waals surface area contributed by atoms with Gasteiger partial charge in [-0.05, 0) is 41.5 Å². The monoisotopic (exact) mass is 447 g/mol. The number of nitrogens with one attached hydrogen (secondary N) is 1. The molecule has 2 aliphatic rings. The Labute approximate surface area is 174 Å². The van der Waals surface area contributed by atoms with E-state index in [1.54, 1.807) is 0 Å². The maximum absolute atomic E-state index is 13.0. The van der Waals surface area contributed by atoms with Crippen LogP contribution in [0.3, 0.4) is 0 Å². The lowest BCUT2D eigenvalue weighted by atomic mass is 10.1. The zero-order valence-electron chi connectivity index (χ0n) is 15.4. The van der Waals surface area contributed by atoms with Crippen LogP contribution in [0.1, 0.15) is 16.7 Å². The first-order chi connectivity index (χ1) is 13.3. The second-order valence-electron chi connectivity index (χ2n) is 6.95.